The molecule has 2 aliphatic heterocycles. The van der Waals surface area contributed by atoms with Crippen molar-refractivity contribution < 1.29 is 19.0 Å². The number of carbonyl (C=O) groups is 1. The van der Waals surface area contributed by atoms with E-state index in [2.05, 4.69) is 15.9 Å². The number of esters is 1. The Morgan fingerprint density at radius 3 is 2.72 bits per heavy atom. The van der Waals surface area contributed by atoms with Crippen molar-refractivity contribution in [2.24, 2.45) is 16.3 Å². The second-order valence-electron chi connectivity index (χ2n) is 6.34. The van der Waals surface area contributed by atoms with Gasteiger partial charge in [-0.05, 0) is 35.9 Å². The topological polar surface area (TPSA) is 57.1 Å². The van der Waals surface area contributed by atoms with Gasteiger partial charge >= 0.3 is 5.97 Å². The van der Waals surface area contributed by atoms with Gasteiger partial charge in [-0.15, -0.1) is 0 Å². The number of allylic oxidation sites excluding steroid dienone is 2. The predicted octanol–water partition coefficient (Wildman–Crippen LogP) is 3.22. The van der Waals surface area contributed by atoms with Gasteiger partial charge in [-0.2, -0.15) is 0 Å². The van der Waals surface area contributed by atoms with Gasteiger partial charge in [0.2, 0.25) is 0 Å². The molecule has 2 heterocycles. The third kappa shape index (κ3) is 2.31. The lowest BCUT2D eigenvalue weighted by molar-refractivity contribution is -0.151. The molecule has 1 aliphatic carbocycles. The monoisotopic (exact) mass is 403 g/mol. The van der Waals surface area contributed by atoms with Gasteiger partial charge in [-0.1, -0.05) is 28.1 Å². The van der Waals surface area contributed by atoms with Crippen molar-refractivity contribution in [2.75, 3.05) is 20.8 Å². The summed E-state index contributed by atoms with van der Waals surface area (Å²) in [6.07, 6.45) is 5.08. The van der Waals surface area contributed by atoms with E-state index < -0.39 is 11.5 Å². The molecular formula is C19H18BrNO4. The van der Waals surface area contributed by atoms with E-state index in [1.165, 1.54) is 7.11 Å². The van der Waals surface area contributed by atoms with E-state index in [-0.39, 0.29) is 17.9 Å². The van der Waals surface area contributed by atoms with Crippen LogP contribution in [-0.2, 0) is 19.0 Å². The molecule has 3 aliphatic rings. The van der Waals surface area contributed by atoms with E-state index in [9.17, 15) is 4.79 Å². The second kappa shape index (κ2) is 6.11. The SMILES string of the molecule is COC(=O)[C@]12C3=N[C@@H](c4ccc(Br)cc4)[C@H]1CO[C@H]2C=C(OC)C=C3. The van der Waals surface area contributed by atoms with Crippen LogP contribution >= 0.6 is 15.9 Å². The molecule has 1 fully saturated rings. The Bertz CT molecular complexity index is 798. The molecule has 0 spiro atoms. The zero-order valence-corrected chi connectivity index (χ0v) is 15.5. The number of hydrogen-bond donors (Lipinski definition) is 0. The van der Waals surface area contributed by atoms with Crippen molar-refractivity contribution in [3.05, 3.63) is 58.3 Å². The van der Waals surface area contributed by atoms with E-state index in [0.717, 1.165) is 10.0 Å². The Morgan fingerprint density at radius 2 is 2.04 bits per heavy atom. The molecule has 130 valence electrons. The van der Waals surface area contributed by atoms with Crippen LogP contribution in [0.5, 0.6) is 0 Å². The zero-order valence-electron chi connectivity index (χ0n) is 13.9. The van der Waals surface area contributed by atoms with Crippen LogP contribution in [0.4, 0.5) is 0 Å². The summed E-state index contributed by atoms with van der Waals surface area (Å²) in [5, 5.41) is 0. The van der Waals surface area contributed by atoms with Crippen LogP contribution in [0.1, 0.15) is 11.6 Å². The summed E-state index contributed by atoms with van der Waals surface area (Å²) in [7, 11) is 3.01. The van der Waals surface area contributed by atoms with Crippen molar-refractivity contribution in [1.82, 2.24) is 0 Å². The predicted molar refractivity (Wildman–Crippen MR) is 96.2 cm³/mol. The van der Waals surface area contributed by atoms with Gasteiger partial charge in [0, 0.05) is 10.4 Å². The van der Waals surface area contributed by atoms with Gasteiger partial charge in [0.05, 0.1) is 32.6 Å². The first-order chi connectivity index (χ1) is 12.1. The first-order valence-corrected chi connectivity index (χ1v) is 8.88. The lowest BCUT2D eigenvalue weighted by atomic mass is 9.69. The lowest BCUT2D eigenvalue weighted by Gasteiger charge is -2.30. The first-order valence-electron chi connectivity index (χ1n) is 8.09. The highest BCUT2D eigenvalue weighted by Crippen LogP contribution is 2.55. The zero-order chi connectivity index (χ0) is 17.6. The second-order valence-corrected chi connectivity index (χ2v) is 7.25. The fourth-order valence-corrected chi connectivity index (χ4v) is 4.34. The lowest BCUT2D eigenvalue weighted by Crippen LogP contribution is -2.47. The molecule has 0 aromatic heterocycles. The van der Waals surface area contributed by atoms with Crippen molar-refractivity contribution in [2.45, 2.75) is 12.1 Å². The smallest absolute Gasteiger partial charge is 0.321 e. The van der Waals surface area contributed by atoms with Gasteiger partial charge in [0.15, 0.2) is 0 Å². The van der Waals surface area contributed by atoms with Crippen molar-refractivity contribution in [3.63, 3.8) is 0 Å². The van der Waals surface area contributed by atoms with Crippen LogP contribution in [0, 0.1) is 11.3 Å². The minimum Gasteiger partial charge on any atom is -0.497 e. The third-order valence-electron chi connectivity index (χ3n) is 5.26. The molecule has 4 rings (SSSR count). The summed E-state index contributed by atoms with van der Waals surface area (Å²) < 4.78 is 17.6. The van der Waals surface area contributed by atoms with Gasteiger partial charge in [-0.3, -0.25) is 9.79 Å². The Balaban J connectivity index is 1.86. The number of ether oxygens (including phenoxy) is 3. The number of hydrogen-bond acceptors (Lipinski definition) is 5. The van der Waals surface area contributed by atoms with E-state index in [0.29, 0.717) is 18.1 Å². The molecule has 4 atom stereocenters. The van der Waals surface area contributed by atoms with Crippen LogP contribution in [-0.4, -0.2) is 38.6 Å². The van der Waals surface area contributed by atoms with Crippen LogP contribution in [0.3, 0.4) is 0 Å². The maximum Gasteiger partial charge on any atom is 0.321 e. The van der Waals surface area contributed by atoms with E-state index in [4.69, 9.17) is 19.2 Å². The Hall–Kier alpha value is -1.92. The maximum absolute atomic E-state index is 12.9. The Morgan fingerprint density at radius 1 is 1.28 bits per heavy atom. The van der Waals surface area contributed by atoms with Gasteiger partial charge in [-0.25, -0.2) is 0 Å². The number of benzene rings is 1. The normalized spacial score (nSPS) is 32.5. The van der Waals surface area contributed by atoms with Crippen LogP contribution in [0.2, 0.25) is 0 Å². The van der Waals surface area contributed by atoms with Gasteiger partial charge in [0.1, 0.15) is 17.3 Å². The van der Waals surface area contributed by atoms with Crippen molar-refractivity contribution >= 4 is 27.6 Å². The molecule has 0 unspecified atom stereocenters. The molecular weight excluding hydrogens is 386 g/mol. The number of halogens is 1. The Kier molecular flexibility index (Phi) is 4.04. The van der Waals surface area contributed by atoms with Crippen molar-refractivity contribution in [3.8, 4) is 0 Å². The molecule has 1 aromatic rings. The molecule has 25 heavy (non-hydrogen) atoms. The standard InChI is InChI=1S/C19H18BrNO4/c1-23-13-7-8-15-19(18(22)24-2)14(10-25-16(19)9-13)17(21-15)11-3-5-12(20)6-4-11/h3-9,14,16-17H,10H2,1-2H3/t14-,16+,17+,19+/m1/s1. The van der Waals surface area contributed by atoms with Crippen LogP contribution < -0.4 is 0 Å². The molecule has 5 nitrogen and oxygen atoms in total. The average molecular weight is 404 g/mol. The molecule has 0 saturated carbocycles. The van der Waals surface area contributed by atoms with E-state index in [1.807, 2.05) is 42.5 Å². The molecule has 0 amide bonds. The molecule has 0 radical (unpaired) electrons. The third-order valence-corrected chi connectivity index (χ3v) is 5.79. The molecule has 0 bridgehead atoms. The van der Waals surface area contributed by atoms with E-state index >= 15 is 0 Å². The highest BCUT2D eigenvalue weighted by molar-refractivity contribution is 9.10. The summed E-state index contributed by atoms with van der Waals surface area (Å²) in [4.78, 5) is 17.8. The summed E-state index contributed by atoms with van der Waals surface area (Å²) >= 11 is 3.46. The number of nitrogens with zero attached hydrogens (tertiary/aromatic N) is 1. The minimum atomic E-state index is -0.927. The number of methoxy groups -OCH3 is 2. The highest BCUT2D eigenvalue weighted by atomic mass is 79.9. The number of aliphatic imine (C=N–C) groups is 1. The minimum absolute atomic E-state index is 0.113. The van der Waals surface area contributed by atoms with Gasteiger partial charge in [0.25, 0.3) is 0 Å². The van der Waals surface area contributed by atoms with Crippen molar-refractivity contribution in [1.29, 1.82) is 0 Å². The maximum atomic E-state index is 12.9. The summed E-state index contributed by atoms with van der Waals surface area (Å²) in [6, 6.07) is 7.89. The van der Waals surface area contributed by atoms with Crippen LogP contribution in [0.25, 0.3) is 0 Å². The number of rotatable bonds is 3. The fraction of sp³-hybridized carbons (Fsp3) is 0.368. The molecule has 1 aromatic carbocycles. The average Bonchev–Trinajstić information content (AvgIpc) is 3.09. The van der Waals surface area contributed by atoms with Gasteiger partial charge < -0.3 is 14.2 Å². The molecule has 1 saturated heterocycles. The van der Waals surface area contributed by atoms with E-state index in [1.54, 1.807) is 7.11 Å². The first kappa shape index (κ1) is 16.5. The van der Waals surface area contributed by atoms with Crippen LogP contribution in [0.15, 0.2) is 57.7 Å². The number of carbonyl (C=O) groups excluding carboxylic acids is 1. The Labute approximate surface area is 154 Å². The molecule has 6 heteroatoms. The fourth-order valence-electron chi connectivity index (χ4n) is 4.07. The summed E-state index contributed by atoms with van der Waals surface area (Å²) in [6.45, 7) is 0.439. The quantitative estimate of drug-likeness (QED) is 0.727. The highest BCUT2D eigenvalue weighted by Gasteiger charge is 2.66. The summed E-state index contributed by atoms with van der Waals surface area (Å²) in [5.41, 5.74) is 0.831. The largest absolute Gasteiger partial charge is 0.497 e. The summed E-state index contributed by atoms with van der Waals surface area (Å²) in [5.74, 6) is 0.237. The molecule has 0 N–H and O–H groups in total.